The zero-order chi connectivity index (χ0) is 19.1. The zero-order valence-corrected chi connectivity index (χ0v) is 14.0. The zero-order valence-electron chi connectivity index (χ0n) is 13.2. The highest BCUT2D eigenvalue weighted by molar-refractivity contribution is 6.34. The summed E-state index contributed by atoms with van der Waals surface area (Å²) < 4.78 is 38.8. The van der Waals surface area contributed by atoms with Crippen LogP contribution in [0, 0.1) is 0 Å². The van der Waals surface area contributed by atoms with Gasteiger partial charge in [-0.1, -0.05) is 23.7 Å². The molecule has 0 spiro atoms. The summed E-state index contributed by atoms with van der Waals surface area (Å²) in [7, 11) is 0. The molecular weight excluding hydrogens is 371 g/mol. The van der Waals surface area contributed by atoms with Gasteiger partial charge in [0.05, 0.1) is 27.8 Å². The van der Waals surface area contributed by atoms with E-state index in [1.54, 1.807) is 6.07 Å². The summed E-state index contributed by atoms with van der Waals surface area (Å²) in [6, 6.07) is 7.30. The summed E-state index contributed by atoms with van der Waals surface area (Å²) in [6.07, 6.45) is -3.50. The molecule has 4 nitrogen and oxygen atoms in total. The van der Waals surface area contributed by atoms with E-state index in [0.29, 0.717) is 18.4 Å². The number of benzene rings is 2. The van der Waals surface area contributed by atoms with Crippen LogP contribution in [0.2, 0.25) is 5.02 Å². The smallest absolute Gasteiger partial charge is 0.417 e. The number of aryl methyl sites for hydroxylation is 1. The van der Waals surface area contributed by atoms with E-state index in [4.69, 9.17) is 16.7 Å². The lowest BCUT2D eigenvalue weighted by molar-refractivity contribution is -0.137. The lowest BCUT2D eigenvalue weighted by Gasteiger charge is -2.17. The minimum absolute atomic E-state index is 0.0852. The molecule has 1 aliphatic carbocycles. The first kappa shape index (κ1) is 18.3. The largest absolute Gasteiger partial charge is 0.478 e. The van der Waals surface area contributed by atoms with E-state index in [0.717, 1.165) is 17.7 Å². The summed E-state index contributed by atoms with van der Waals surface area (Å²) in [5, 5.41) is 11.1. The first-order valence-corrected chi connectivity index (χ1v) is 8.09. The summed E-state index contributed by atoms with van der Waals surface area (Å²) in [5.41, 5.74) is 0.287. The van der Waals surface area contributed by atoms with Crippen LogP contribution >= 0.6 is 11.6 Å². The van der Waals surface area contributed by atoms with E-state index in [-0.39, 0.29) is 11.1 Å². The third-order valence-electron chi connectivity index (χ3n) is 4.32. The van der Waals surface area contributed by atoms with Crippen molar-refractivity contribution in [2.45, 2.75) is 25.1 Å². The predicted molar refractivity (Wildman–Crippen MR) is 88.4 cm³/mol. The number of carbonyl (C=O) groups is 2. The highest BCUT2D eigenvalue weighted by atomic mass is 35.5. The van der Waals surface area contributed by atoms with Gasteiger partial charge >= 0.3 is 12.1 Å². The summed E-state index contributed by atoms with van der Waals surface area (Å²) in [6.45, 7) is 0. The predicted octanol–water partition coefficient (Wildman–Crippen LogP) is 4.47. The number of carboxylic acids is 1. The van der Waals surface area contributed by atoms with Crippen molar-refractivity contribution in [1.29, 1.82) is 0 Å². The molecular formula is C18H13ClF3NO3. The Kier molecular flexibility index (Phi) is 4.66. The molecule has 136 valence electrons. The number of amides is 1. The number of nitrogens with one attached hydrogen (secondary N) is 1. The Hall–Kier alpha value is -2.54. The molecule has 1 atom stereocenters. The maximum Gasteiger partial charge on any atom is 0.417 e. The van der Waals surface area contributed by atoms with E-state index in [9.17, 15) is 22.8 Å². The van der Waals surface area contributed by atoms with Gasteiger partial charge in [0.15, 0.2) is 0 Å². The van der Waals surface area contributed by atoms with Crippen molar-refractivity contribution < 1.29 is 27.9 Å². The van der Waals surface area contributed by atoms with Crippen LogP contribution in [0.5, 0.6) is 0 Å². The molecule has 0 heterocycles. The van der Waals surface area contributed by atoms with Gasteiger partial charge in [-0.3, -0.25) is 4.79 Å². The van der Waals surface area contributed by atoms with Crippen molar-refractivity contribution >= 4 is 23.5 Å². The number of aromatic carboxylic acids is 1. The first-order valence-electron chi connectivity index (χ1n) is 7.71. The Bertz CT molecular complexity index is 896. The normalized spacial score (nSPS) is 16.2. The lowest BCUT2D eigenvalue weighted by Crippen LogP contribution is -2.28. The highest BCUT2D eigenvalue weighted by Crippen LogP contribution is 2.37. The molecule has 0 aromatic heterocycles. The molecule has 8 heteroatoms. The SMILES string of the molecule is O=C(O)c1ccc2c(c1)C(NC(=O)c1cccc(C(F)(F)F)c1Cl)CC2. The van der Waals surface area contributed by atoms with E-state index < -0.39 is 34.7 Å². The van der Waals surface area contributed by atoms with Crippen LogP contribution in [0.1, 0.15) is 49.9 Å². The molecule has 0 bridgehead atoms. The molecule has 0 saturated heterocycles. The van der Waals surface area contributed by atoms with E-state index >= 15 is 0 Å². The fourth-order valence-electron chi connectivity index (χ4n) is 3.05. The monoisotopic (exact) mass is 383 g/mol. The summed E-state index contributed by atoms with van der Waals surface area (Å²) in [5.74, 6) is -1.83. The topological polar surface area (TPSA) is 66.4 Å². The second-order valence-electron chi connectivity index (χ2n) is 5.95. The Morgan fingerprint density at radius 1 is 1.19 bits per heavy atom. The van der Waals surface area contributed by atoms with Gasteiger partial charge in [-0.15, -0.1) is 0 Å². The molecule has 0 aliphatic heterocycles. The minimum Gasteiger partial charge on any atom is -0.478 e. The number of fused-ring (bicyclic) bond motifs is 1. The summed E-state index contributed by atoms with van der Waals surface area (Å²) >= 11 is 5.78. The number of hydrogen-bond acceptors (Lipinski definition) is 2. The van der Waals surface area contributed by atoms with Crippen molar-refractivity contribution in [2.75, 3.05) is 0 Å². The van der Waals surface area contributed by atoms with Crippen LogP contribution in [0.25, 0.3) is 0 Å². The third-order valence-corrected chi connectivity index (χ3v) is 4.73. The van der Waals surface area contributed by atoms with Crippen LogP contribution < -0.4 is 5.32 Å². The average Bonchev–Trinajstić information content (AvgIpc) is 2.96. The first-order chi connectivity index (χ1) is 12.2. The molecule has 3 rings (SSSR count). The van der Waals surface area contributed by atoms with Gasteiger partial charge in [0, 0.05) is 0 Å². The van der Waals surface area contributed by atoms with Crippen LogP contribution in [0.4, 0.5) is 13.2 Å². The van der Waals surface area contributed by atoms with Gasteiger partial charge in [-0.2, -0.15) is 13.2 Å². The van der Waals surface area contributed by atoms with Crippen LogP contribution in [-0.2, 0) is 12.6 Å². The lowest BCUT2D eigenvalue weighted by atomic mass is 10.0. The van der Waals surface area contributed by atoms with Gasteiger partial charge in [-0.05, 0) is 48.2 Å². The second-order valence-corrected chi connectivity index (χ2v) is 6.33. The molecule has 1 amide bonds. The van der Waals surface area contributed by atoms with E-state index in [1.165, 1.54) is 18.2 Å². The van der Waals surface area contributed by atoms with Gasteiger partial charge < -0.3 is 10.4 Å². The minimum atomic E-state index is -4.66. The molecule has 26 heavy (non-hydrogen) atoms. The standard InChI is InChI=1S/C18H13ClF3NO3/c19-15-11(2-1-3-13(15)18(20,21)22)16(24)23-14-7-6-9-4-5-10(17(25)26)8-12(9)14/h1-5,8,14H,6-7H2,(H,23,24)(H,25,26). The quantitative estimate of drug-likeness (QED) is 0.821. The molecule has 2 aromatic rings. The van der Waals surface area contributed by atoms with Crippen molar-refractivity contribution in [3.05, 3.63) is 69.2 Å². The molecule has 1 aliphatic rings. The van der Waals surface area contributed by atoms with Crippen molar-refractivity contribution in [1.82, 2.24) is 5.32 Å². The molecule has 0 saturated carbocycles. The van der Waals surface area contributed by atoms with Gasteiger partial charge in [0.1, 0.15) is 0 Å². The number of hydrogen-bond donors (Lipinski definition) is 2. The van der Waals surface area contributed by atoms with E-state index in [1.807, 2.05) is 0 Å². The Morgan fingerprint density at radius 3 is 2.58 bits per heavy atom. The Labute approximate surface area is 151 Å². The molecule has 0 radical (unpaired) electrons. The second kappa shape index (κ2) is 6.64. The fourth-order valence-corrected chi connectivity index (χ4v) is 3.37. The van der Waals surface area contributed by atoms with Crippen LogP contribution in [0.3, 0.4) is 0 Å². The number of alkyl halides is 3. The van der Waals surface area contributed by atoms with Gasteiger partial charge in [0.2, 0.25) is 0 Å². The maximum absolute atomic E-state index is 12.9. The Balaban J connectivity index is 1.87. The molecule has 1 unspecified atom stereocenters. The molecule has 0 fully saturated rings. The van der Waals surface area contributed by atoms with Crippen LogP contribution in [-0.4, -0.2) is 17.0 Å². The van der Waals surface area contributed by atoms with Crippen LogP contribution in [0.15, 0.2) is 36.4 Å². The maximum atomic E-state index is 12.9. The van der Waals surface area contributed by atoms with Crippen molar-refractivity contribution in [3.8, 4) is 0 Å². The molecule has 2 aromatic carbocycles. The number of rotatable bonds is 3. The van der Waals surface area contributed by atoms with Gasteiger partial charge in [-0.25, -0.2) is 4.79 Å². The Morgan fingerprint density at radius 2 is 1.92 bits per heavy atom. The average molecular weight is 384 g/mol. The van der Waals surface area contributed by atoms with E-state index in [2.05, 4.69) is 5.32 Å². The third kappa shape index (κ3) is 3.39. The van der Waals surface area contributed by atoms with Crippen molar-refractivity contribution in [3.63, 3.8) is 0 Å². The number of carbonyl (C=O) groups excluding carboxylic acids is 1. The summed E-state index contributed by atoms with van der Waals surface area (Å²) in [4.78, 5) is 23.6. The van der Waals surface area contributed by atoms with Gasteiger partial charge in [0.25, 0.3) is 5.91 Å². The molecule has 2 N–H and O–H groups in total. The fraction of sp³-hybridized carbons (Fsp3) is 0.222. The number of carboxylic acid groups (broad SMARTS) is 1. The van der Waals surface area contributed by atoms with Crippen molar-refractivity contribution in [2.24, 2.45) is 0 Å². The number of halogens is 4. The highest BCUT2D eigenvalue weighted by Gasteiger charge is 2.35.